The molecular weight excluding hydrogens is 312 g/mol. The Bertz CT molecular complexity index is 826. The number of benzene rings is 2. The first-order valence-corrected chi connectivity index (χ1v) is 8.51. The molecule has 0 N–H and O–H groups in total. The number of imidazole rings is 1. The molecule has 2 aromatic carbocycles. The second kappa shape index (κ2) is 7.79. The summed E-state index contributed by atoms with van der Waals surface area (Å²) in [6, 6.07) is 19.7. The number of hydrogen-bond acceptors (Lipinski definition) is 3. The summed E-state index contributed by atoms with van der Waals surface area (Å²) in [7, 11) is 1.43. The van der Waals surface area contributed by atoms with Gasteiger partial charge in [-0.3, -0.25) is 0 Å². The zero-order valence-electron chi connectivity index (χ0n) is 14.6. The van der Waals surface area contributed by atoms with E-state index < -0.39 is 0 Å². The van der Waals surface area contributed by atoms with Crippen molar-refractivity contribution in [2.45, 2.75) is 25.8 Å². The summed E-state index contributed by atoms with van der Waals surface area (Å²) in [6.07, 6.45) is 3.34. The maximum atomic E-state index is 12.4. The van der Waals surface area contributed by atoms with Gasteiger partial charge < -0.3 is 9.30 Å². The predicted molar refractivity (Wildman–Crippen MR) is 99.1 cm³/mol. The minimum absolute atomic E-state index is 0.240. The molecule has 25 heavy (non-hydrogen) atoms. The number of rotatable bonds is 6. The smallest absolute Gasteiger partial charge is 0.328 e. The molecule has 0 aliphatic heterocycles. The first-order valence-electron chi connectivity index (χ1n) is 8.51. The molecule has 1 atom stereocenters. The topological polar surface area (TPSA) is 44.1 Å². The Kier molecular flexibility index (Phi) is 5.29. The molecule has 0 saturated heterocycles. The number of ether oxygens (including phenoxy) is 1. The summed E-state index contributed by atoms with van der Waals surface area (Å²) in [4.78, 5) is 17.0. The van der Waals surface area contributed by atoms with Gasteiger partial charge in [0.2, 0.25) is 0 Å². The summed E-state index contributed by atoms with van der Waals surface area (Å²) in [6.45, 7) is 2.06. The highest BCUT2D eigenvalue weighted by atomic mass is 16.5. The number of esters is 1. The molecule has 3 aromatic rings. The van der Waals surface area contributed by atoms with Crippen LogP contribution in [0.1, 0.15) is 25.8 Å². The molecule has 1 heterocycles. The molecule has 128 valence electrons. The molecule has 0 aliphatic rings. The Balaban J connectivity index is 2.19. The van der Waals surface area contributed by atoms with E-state index in [2.05, 4.69) is 11.9 Å². The van der Waals surface area contributed by atoms with Crippen molar-refractivity contribution in [3.63, 3.8) is 0 Å². The van der Waals surface area contributed by atoms with Gasteiger partial charge in [-0.25, -0.2) is 9.78 Å². The molecule has 0 radical (unpaired) electrons. The highest BCUT2D eigenvalue weighted by Gasteiger charge is 2.25. The van der Waals surface area contributed by atoms with Crippen LogP contribution in [0.4, 0.5) is 0 Å². The van der Waals surface area contributed by atoms with Crippen molar-refractivity contribution in [2.24, 2.45) is 0 Å². The molecule has 4 heteroatoms. The van der Waals surface area contributed by atoms with Crippen LogP contribution in [0.2, 0.25) is 0 Å². The fourth-order valence-corrected chi connectivity index (χ4v) is 3.07. The van der Waals surface area contributed by atoms with Gasteiger partial charge in [-0.1, -0.05) is 74.0 Å². The normalized spacial score (nSPS) is 11.9. The summed E-state index contributed by atoms with van der Waals surface area (Å²) in [5.74, 6) is -0.240. The minimum atomic E-state index is -0.379. The van der Waals surface area contributed by atoms with Crippen LogP contribution in [0, 0.1) is 0 Å². The fraction of sp³-hybridized carbons (Fsp3) is 0.238. The Labute approximate surface area is 148 Å². The lowest BCUT2D eigenvalue weighted by molar-refractivity contribution is -0.144. The van der Waals surface area contributed by atoms with Crippen molar-refractivity contribution in [1.82, 2.24) is 9.55 Å². The second-order valence-corrected chi connectivity index (χ2v) is 5.91. The van der Waals surface area contributed by atoms with E-state index >= 15 is 0 Å². The maximum absolute atomic E-state index is 12.4. The van der Waals surface area contributed by atoms with E-state index in [4.69, 9.17) is 4.74 Å². The van der Waals surface area contributed by atoms with E-state index in [-0.39, 0.29) is 12.0 Å². The van der Waals surface area contributed by atoms with E-state index in [1.165, 1.54) is 7.11 Å². The lowest BCUT2D eigenvalue weighted by Crippen LogP contribution is -2.21. The van der Waals surface area contributed by atoms with Crippen LogP contribution in [-0.4, -0.2) is 22.6 Å². The average Bonchev–Trinajstić information content (AvgIpc) is 3.11. The Hall–Kier alpha value is -2.88. The van der Waals surface area contributed by atoms with E-state index in [0.717, 1.165) is 28.9 Å². The first-order chi connectivity index (χ1) is 12.3. The minimum Gasteiger partial charge on any atom is -0.467 e. The molecule has 4 nitrogen and oxygen atoms in total. The molecular formula is C21H22N2O2. The number of carbonyl (C=O) groups is 1. The van der Waals surface area contributed by atoms with Crippen molar-refractivity contribution in [1.29, 1.82) is 0 Å². The number of carbonyl (C=O) groups excluding carboxylic acids is 1. The van der Waals surface area contributed by atoms with Crippen molar-refractivity contribution in [2.75, 3.05) is 7.11 Å². The number of aromatic nitrogens is 2. The van der Waals surface area contributed by atoms with Crippen LogP contribution in [0.15, 0.2) is 67.0 Å². The Morgan fingerprint density at radius 1 is 1.04 bits per heavy atom. The van der Waals surface area contributed by atoms with Gasteiger partial charge in [-0.15, -0.1) is 0 Å². The van der Waals surface area contributed by atoms with Crippen molar-refractivity contribution >= 4 is 5.97 Å². The van der Waals surface area contributed by atoms with Gasteiger partial charge >= 0.3 is 5.97 Å². The monoisotopic (exact) mass is 334 g/mol. The van der Waals surface area contributed by atoms with Crippen molar-refractivity contribution in [3.05, 3.63) is 67.0 Å². The van der Waals surface area contributed by atoms with Crippen LogP contribution in [-0.2, 0) is 9.53 Å². The van der Waals surface area contributed by atoms with Gasteiger partial charge in [-0.05, 0) is 6.42 Å². The predicted octanol–water partition coefficient (Wildman–Crippen LogP) is 4.73. The maximum Gasteiger partial charge on any atom is 0.328 e. The molecule has 0 spiro atoms. The molecule has 3 rings (SSSR count). The number of methoxy groups -OCH3 is 1. The summed E-state index contributed by atoms with van der Waals surface area (Å²) >= 11 is 0. The molecule has 0 fully saturated rings. The van der Waals surface area contributed by atoms with Crippen LogP contribution in [0.5, 0.6) is 0 Å². The van der Waals surface area contributed by atoms with E-state index in [9.17, 15) is 4.79 Å². The highest BCUT2D eigenvalue weighted by Crippen LogP contribution is 2.34. The number of nitrogens with zero attached hydrogens (tertiary/aromatic N) is 2. The molecule has 0 amide bonds. The highest BCUT2D eigenvalue weighted by molar-refractivity contribution is 5.81. The van der Waals surface area contributed by atoms with Crippen LogP contribution in [0.3, 0.4) is 0 Å². The van der Waals surface area contributed by atoms with Gasteiger partial charge in [0.05, 0.1) is 24.8 Å². The molecule has 1 unspecified atom stereocenters. The summed E-state index contributed by atoms with van der Waals surface area (Å²) in [5.41, 5.74) is 3.87. The molecule has 1 aromatic heterocycles. The zero-order valence-corrected chi connectivity index (χ0v) is 14.6. The standard InChI is InChI=1S/C21H22N2O2/c1-3-10-18(21(24)25-2)23-15-22-19(16-11-6-4-7-12-16)20(23)17-13-8-5-9-14-17/h4-9,11-15,18H,3,10H2,1-2H3. The third-order valence-corrected chi connectivity index (χ3v) is 4.26. The van der Waals surface area contributed by atoms with Gasteiger partial charge in [0.25, 0.3) is 0 Å². The van der Waals surface area contributed by atoms with Crippen LogP contribution < -0.4 is 0 Å². The van der Waals surface area contributed by atoms with Gasteiger partial charge in [0.1, 0.15) is 6.04 Å². The molecule has 0 aliphatic carbocycles. The van der Waals surface area contributed by atoms with Crippen molar-refractivity contribution < 1.29 is 9.53 Å². The Morgan fingerprint density at radius 2 is 1.64 bits per heavy atom. The van der Waals surface area contributed by atoms with Gasteiger partial charge in [0, 0.05) is 11.1 Å². The Morgan fingerprint density at radius 3 is 2.20 bits per heavy atom. The zero-order chi connectivity index (χ0) is 17.6. The average molecular weight is 334 g/mol. The largest absolute Gasteiger partial charge is 0.467 e. The lowest BCUT2D eigenvalue weighted by Gasteiger charge is -2.19. The number of hydrogen-bond donors (Lipinski definition) is 0. The third-order valence-electron chi connectivity index (χ3n) is 4.26. The molecule has 0 saturated carbocycles. The van der Waals surface area contributed by atoms with E-state index in [1.807, 2.05) is 65.2 Å². The first kappa shape index (κ1) is 17.0. The lowest BCUT2D eigenvalue weighted by atomic mass is 10.0. The SMILES string of the molecule is CCCC(C(=O)OC)n1cnc(-c2ccccc2)c1-c1ccccc1. The fourth-order valence-electron chi connectivity index (χ4n) is 3.07. The van der Waals surface area contributed by atoms with Crippen LogP contribution in [0.25, 0.3) is 22.5 Å². The van der Waals surface area contributed by atoms with E-state index in [0.29, 0.717) is 6.42 Å². The van der Waals surface area contributed by atoms with Crippen molar-refractivity contribution in [3.8, 4) is 22.5 Å². The summed E-state index contributed by atoms with van der Waals surface area (Å²) < 4.78 is 6.99. The van der Waals surface area contributed by atoms with Gasteiger partial charge in [-0.2, -0.15) is 0 Å². The van der Waals surface area contributed by atoms with E-state index in [1.54, 1.807) is 6.33 Å². The third kappa shape index (κ3) is 3.48. The van der Waals surface area contributed by atoms with Gasteiger partial charge in [0.15, 0.2) is 0 Å². The quantitative estimate of drug-likeness (QED) is 0.612. The summed E-state index contributed by atoms with van der Waals surface area (Å²) in [5, 5.41) is 0. The second-order valence-electron chi connectivity index (χ2n) is 5.91. The van der Waals surface area contributed by atoms with Crippen LogP contribution >= 0.6 is 0 Å². The molecule has 0 bridgehead atoms.